The third kappa shape index (κ3) is 28.9. The number of allylic oxidation sites excluding steroid dienone is 6. The van der Waals surface area contributed by atoms with Gasteiger partial charge in [0.05, 0.1) is 25.4 Å². The van der Waals surface area contributed by atoms with Crippen LogP contribution in [0.15, 0.2) is 65.7 Å². The number of anilines is 1. The maximum Gasteiger partial charge on any atom is 0.481 e. The molecule has 1 aliphatic heterocycles. The minimum Gasteiger partial charge on any atom is -0.462 e. The molecule has 0 aliphatic carbocycles. The number of esters is 2. The molecule has 0 spiro atoms. The van der Waals surface area contributed by atoms with Gasteiger partial charge in [0.1, 0.15) is 30.7 Å². The summed E-state index contributed by atoms with van der Waals surface area (Å²) < 4.78 is 56.5. The van der Waals surface area contributed by atoms with E-state index in [2.05, 4.69) is 30.1 Å². The molecule has 1 aromatic heterocycles. The van der Waals surface area contributed by atoms with Crippen LogP contribution in [-0.2, 0) is 46.3 Å². The highest BCUT2D eigenvalue weighted by molar-refractivity contribution is 7.61. The van der Waals surface area contributed by atoms with Gasteiger partial charge in [-0.25, -0.2) is 13.9 Å². The minimum absolute atomic E-state index is 0.000358. The molecule has 0 amide bonds. The van der Waals surface area contributed by atoms with Gasteiger partial charge in [0.2, 0.25) is 0 Å². The van der Waals surface area contributed by atoms with Gasteiger partial charge in [-0.3, -0.25) is 23.2 Å². The Bertz CT molecular complexity index is 1890. The molecule has 0 aromatic carbocycles. The van der Waals surface area contributed by atoms with Crippen LogP contribution in [0.1, 0.15) is 149 Å². The lowest BCUT2D eigenvalue weighted by Crippen LogP contribution is -2.36. The van der Waals surface area contributed by atoms with Crippen LogP contribution in [0.5, 0.6) is 0 Å². The van der Waals surface area contributed by atoms with E-state index in [0.29, 0.717) is 18.8 Å². The van der Waals surface area contributed by atoms with Crippen molar-refractivity contribution in [2.45, 2.75) is 186 Å². The molecule has 2 heterocycles. The van der Waals surface area contributed by atoms with Crippen molar-refractivity contribution in [1.82, 2.24) is 9.55 Å². The average Bonchev–Trinajstić information content (AvgIpc) is 3.56. The third-order valence-electron chi connectivity index (χ3n) is 10.8. The van der Waals surface area contributed by atoms with Crippen LogP contribution >= 0.6 is 15.6 Å². The topological polar surface area (TPSA) is 306 Å². The van der Waals surface area contributed by atoms with Gasteiger partial charge in [-0.1, -0.05) is 146 Å². The van der Waals surface area contributed by atoms with Crippen LogP contribution in [-0.4, -0.2) is 108 Å². The highest BCUT2D eigenvalue weighted by atomic mass is 31.3. The van der Waals surface area contributed by atoms with Crippen molar-refractivity contribution in [2.24, 2.45) is 5.92 Å². The van der Waals surface area contributed by atoms with E-state index in [1.165, 1.54) is 31.7 Å². The SMILES string of the molecule is CCCCC[C@H](O)/C=C/C=C\C/C=C\C=C\[C@H](O)CCCC(=O)OC[C@H](COP(=O)(O)OP(=O)(O)OC[C@H]1O[C@@H](n2ccc(N)nc2=O)[C@H](O)[C@@H]1O)OC(=O)CCCCCCCCCCCC(C)C. The number of phosphoric ester groups is 2. The van der Waals surface area contributed by atoms with Crippen LogP contribution in [0.4, 0.5) is 5.82 Å². The lowest BCUT2D eigenvalue weighted by atomic mass is 10.0. The molecule has 69 heavy (non-hydrogen) atoms. The number of unbranched alkanes of at least 4 members (excludes halogenated alkanes) is 10. The van der Waals surface area contributed by atoms with Gasteiger partial charge in [0.15, 0.2) is 12.3 Å². The number of nitrogens with two attached hydrogens (primary N) is 1. The molecule has 22 heteroatoms. The van der Waals surface area contributed by atoms with Gasteiger partial charge in [-0.2, -0.15) is 9.29 Å². The largest absolute Gasteiger partial charge is 0.481 e. The Balaban J connectivity index is 1.88. The third-order valence-corrected chi connectivity index (χ3v) is 13.4. The first-order valence-corrected chi connectivity index (χ1v) is 27.2. The predicted molar refractivity (Wildman–Crippen MR) is 259 cm³/mol. The lowest BCUT2D eigenvalue weighted by Gasteiger charge is -2.21. The Labute approximate surface area is 406 Å². The molecule has 394 valence electrons. The van der Waals surface area contributed by atoms with E-state index in [-0.39, 0.29) is 31.5 Å². The molecule has 1 fully saturated rings. The predicted octanol–water partition coefficient (Wildman–Crippen LogP) is 7.18. The van der Waals surface area contributed by atoms with Crippen molar-refractivity contribution in [3.63, 3.8) is 0 Å². The van der Waals surface area contributed by atoms with Crippen LogP contribution in [0, 0.1) is 5.92 Å². The number of ether oxygens (including phenoxy) is 3. The molecule has 2 rings (SSSR count). The number of aliphatic hydroxyl groups is 4. The van der Waals surface area contributed by atoms with Crippen molar-refractivity contribution in [3.8, 4) is 0 Å². The summed E-state index contributed by atoms with van der Waals surface area (Å²) in [5.74, 6) is -0.827. The fourth-order valence-corrected chi connectivity index (χ4v) is 9.06. The van der Waals surface area contributed by atoms with E-state index in [9.17, 15) is 53.7 Å². The zero-order valence-electron chi connectivity index (χ0n) is 40.5. The molecule has 8 N–H and O–H groups in total. The second kappa shape index (κ2) is 34.9. The Kier molecular flexibility index (Phi) is 31.2. The standard InChI is InChI=1S/C47H79N3O17P2/c1-4-5-18-25-37(51)26-20-15-11-9-12-16-21-27-38(52)28-23-30-42(53)62-33-39(65-43(54)29-22-17-13-8-6-7-10-14-19-24-36(2)3)34-63-68(58,59)67-69(60,61)64-35-40-44(55)45(56)46(66-40)50-32-31-41(48)49-47(50)57/h11-12,15-16,20-21,26-27,31-32,36-40,44-46,51-52,55-56H,4-10,13-14,17-19,22-25,28-30,33-35H2,1-3H3,(H,58,59)(H,60,61)(H2,48,49,57)/b15-11-,16-12-,26-20+,27-21+/t37-,38-,39+,40+,44+,45+,46+/m0/s1. The Morgan fingerprint density at radius 3 is 1.96 bits per heavy atom. The fourth-order valence-electron chi connectivity index (χ4n) is 6.95. The molecule has 0 radical (unpaired) electrons. The molecular weight excluding hydrogens is 940 g/mol. The Morgan fingerprint density at radius 2 is 1.35 bits per heavy atom. The second-order valence-corrected chi connectivity index (χ2v) is 20.5. The number of nitrogens with zero attached hydrogens (tertiary/aromatic N) is 2. The normalized spacial score (nSPS) is 20.8. The summed E-state index contributed by atoms with van der Waals surface area (Å²) in [4.78, 5) is 61.8. The number of carbonyl (C=O) groups is 2. The number of hydrogen-bond donors (Lipinski definition) is 7. The summed E-state index contributed by atoms with van der Waals surface area (Å²) in [6.07, 6.45) is 21.5. The minimum atomic E-state index is -5.47. The van der Waals surface area contributed by atoms with Gasteiger partial charge < -0.3 is 50.2 Å². The summed E-state index contributed by atoms with van der Waals surface area (Å²) >= 11 is 0. The molecule has 9 atom stereocenters. The number of rotatable bonds is 38. The summed E-state index contributed by atoms with van der Waals surface area (Å²) in [6, 6.07) is 1.23. The zero-order valence-corrected chi connectivity index (χ0v) is 42.3. The number of phosphoric acid groups is 2. The van der Waals surface area contributed by atoms with Crippen LogP contribution in [0.25, 0.3) is 0 Å². The summed E-state index contributed by atoms with van der Waals surface area (Å²) in [6.45, 7) is 4.06. The quantitative estimate of drug-likeness (QED) is 0.0149. The van der Waals surface area contributed by atoms with Crippen molar-refractivity contribution in [3.05, 3.63) is 71.4 Å². The van der Waals surface area contributed by atoms with Crippen molar-refractivity contribution >= 4 is 33.4 Å². The first kappa shape index (κ1) is 61.8. The maximum atomic E-state index is 12.8. The molecule has 20 nitrogen and oxygen atoms in total. The Morgan fingerprint density at radius 1 is 0.783 bits per heavy atom. The lowest BCUT2D eigenvalue weighted by molar-refractivity contribution is -0.161. The summed E-state index contributed by atoms with van der Waals surface area (Å²) in [7, 11) is -10.9. The highest BCUT2D eigenvalue weighted by Gasteiger charge is 2.46. The molecule has 0 bridgehead atoms. The van der Waals surface area contributed by atoms with E-state index >= 15 is 0 Å². The second-order valence-electron chi connectivity index (χ2n) is 17.5. The summed E-state index contributed by atoms with van der Waals surface area (Å²) in [5.41, 5.74) is 4.56. The van der Waals surface area contributed by atoms with Crippen molar-refractivity contribution in [1.29, 1.82) is 0 Å². The van der Waals surface area contributed by atoms with Crippen LogP contribution in [0.3, 0.4) is 0 Å². The molecule has 2 unspecified atom stereocenters. The number of aromatic nitrogens is 2. The first-order valence-electron chi connectivity index (χ1n) is 24.2. The number of aliphatic hydroxyl groups excluding tert-OH is 4. The summed E-state index contributed by atoms with van der Waals surface area (Å²) in [5, 5.41) is 41.1. The van der Waals surface area contributed by atoms with Gasteiger partial charge in [-0.15, -0.1) is 0 Å². The first-order chi connectivity index (χ1) is 32.8. The smallest absolute Gasteiger partial charge is 0.462 e. The van der Waals surface area contributed by atoms with Crippen molar-refractivity contribution in [2.75, 3.05) is 25.6 Å². The van der Waals surface area contributed by atoms with Gasteiger partial charge in [0.25, 0.3) is 0 Å². The maximum absolute atomic E-state index is 12.8. The number of nitrogen functional groups attached to an aromatic ring is 1. The van der Waals surface area contributed by atoms with Gasteiger partial charge >= 0.3 is 33.3 Å². The van der Waals surface area contributed by atoms with Crippen LogP contribution < -0.4 is 11.4 Å². The van der Waals surface area contributed by atoms with E-state index in [1.807, 2.05) is 24.3 Å². The number of hydrogen-bond acceptors (Lipinski definition) is 17. The van der Waals surface area contributed by atoms with E-state index < -0.39 is 95.9 Å². The molecule has 0 saturated carbocycles. The Hall–Kier alpha value is -3.36. The van der Waals surface area contributed by atoms with E-state index in [0.717, 1.165) is 68.6 Å². The molecule has 1 saturated heterocycles. The zero-order chi connectivity index (χ0) is 51.1. The monoisotopic (exact) mass is 1020 g/mol. The molecular formula is C47H79N3O17P2. The van der Waals surface area contributed by atoms with Crippen molar-refractivity contribution < 1.29 is 76.5 Å². The number of carbonyl (C=O) groups excluding carboxylic acids is 2. The highest BCUT2D eigenvalue weighted by Crippen LogP contribution is 2.60. The fraction of sp³-hybridized carbons (Fsp3) is 0.702. The molecule has 1 aromatic rings. The van der Waals surface area contributed by atoms with E-state index in [1.54, 1.807) is 24.3 Å². The average molecular weight is 1020 g/mol. The molecule has 1 aliphatic rings. The van der Waals surface area contributed by atoms with E-state index in [4.69, 9.17) is 29.0 Å². The van der Waals surface area contributed by atoms with Crippen LogP contribution in [0.2, 0.25) is 0 Å². The van der Waals surface area contributed by atoms with Gasteiger partial charge in [-0.05, 0) is 44.1 Å². The van der Waals surface area contributed by atoms with Gasteiger partial charge in [0, 0.05) is 19.0 Å².